The van der Waals surface area contributed by atoms with Crippen LogP contribution in [0.4, 0.5) is 0 Å². The average molecular weight is 459 g/mol. The van der Waals surface area contributed by atoms with Crippen LogP contribution in [0.5, 0.6) is 0 Å². The summed E-state index contributed by atoms with van der Waals surface area (Å²) in [6.07, 6.45) is 0. The third-order valence-corrected chi connectivity index (χ3v) is 27.9. The van der Waals surface area contributed by atoms with Gasteiger partial charge in [0.05, 0.1) is 0 Å². The van der Waals surface area contributed by atoms with E-state index < -0.39 is 51.4 Å². The van der Waals surface area contributed by atoms with Gasteiger partial charge in [0, 0.05) is 0 Å². The average Bonchev–Trinajstić information content (AvgIpc) is 2.17. The molecular weight excluding hydrogens is 421 g/mol. The number of hydrogen-bond acceptors (Lipinski definition) is 6. The number of hydrogen-bond donors (Lipinski definition) is 0. The molecule has 0 aliphatic carbocycles. The summed E-state index contributed by atoms with van der Waals surface area (Å²) in [5.41, 5.74) is 0. The first-order valence-electron chi connectivity index (χ1n) is 9.01. The fourth-order valence-corrected chi connectivity index (χ4v) is 35.3. The van der Waals surface area contributed by atoms with Gasteiger partial charge in [0.25, 0.3) is 0 Å². The van der Waals surface area contributed by atoms with Gasteiger partial charge in [-0.2, -0.15) is 0 Å². The largest absolute Gasteiger partial charge is 0.416 e. The Hall–Kier alpha value is 1.06. The van der Waals surface area contributed by atoms with E-state index in [1.807, 2.05) is 0 Å². The van der Waals surface area contributed by atoms with Crippen molar-refractivity contribution in [3.8, 4) is 0 Å². The van der Waals surface area contributed by atoms with E-state index in [1.165, 1.54) is 0 Å². The van der Waals surface area contributed by atoms with E-state index in [0.717, 1.165) is 6.04 Å². The molecule has 0 atom stereocenters. The minimum atomic E-state index is -2.40. The van der Waals surface area contributed by atoms with Crippen LogP contribution in [0.25, 0.3) is 0 Å². The lowest BCUT2D eigenvalue weighted by atomic mass is 11.0. The van der Waals surface area contributed by atoms with Crippen LogP contribution in [0.1, 0.15) is 6.92 Å². The summed E-state index contributed by atoms with van der Waals surface area (Å²) in [6.45, 7) is 25.1. The maximum absolute atomic E-state index is 6.59. The maximum Gasteiger partial charge on any atom is 0.317 e. The predicted octanol–water partition coefficient (Wildman–Crippen LogP) is 4.70. The summed E-state index contributed by atoms with van der Waals surface area (Å²) < 4.78 is 39.1. The van der Waals surface area contributed by atoms with Crippen LogP contribution in [0.15, 0.2) is 0 Å². The summed E-state index contributed by atoms with van der Waals surface area (Å²) in [6, 6.07) is 0.860. The molecule has 0 aromatic carbocycles. The van der Waals surface area contributed by atoms with Crippen molar-refractivity contribution in [2.45, 2.75) is 85.0 Å². The number of rotatable bonds is 1. The highest BCUT2D eigenvalue weighted by Gasteiger charge is 2.51. The Morgan fingerprint density at radius 2 is 0.600 bits per heavy atom. The van der Waals surface area contributed by atoms with E-state index >= 15 is 0 Å². The molecule has 25 heavy (non-hydrogen) atoms. The van der Waals surface area contributed by atoms with Crippen LogP contribution in [-0.4, -0.2) is 51.4 Å². The molecule has 1 heterocycles. The zero-order valence-corrected chi connectivity index (χ0v) is 24.2. The van der Waals surface area contributed by atoms with Crippen LogP contribution in [0.3, 0.4) is 0 Å². The minimum Gasteiger partial charge on any atom is -0.416 e. The molecule has 0 bridgehead atoms. The van der Waals surface area contributed by atoms with E-state index in [4.69, 9.17) is 24.7 Å². The molecule has 0 aromatic heterocycles. The lowest BCUT2D eigenvalue weighted by Gasteiger charge is -2.46. The predicted molar refractivity (Wildman–Crippen MR) is 116 cm³/mol. The Morgan fingerprint density at radius 1 is 0.400 bits per heavy atom. The van der Waals surface area contributed by atoms with Gasteiger partial charge in [-0.1, -0.05) is 6.92 Å². The zero-order chi connectivity index (χ0) is 19.9. The lowest BCUT2D eigenvalue weighted by Crippen LogP contribution is -2.64. The molecule has 1 aliphatic rings. The van der Waals surface area contributed by atoms with Gasteiger partial charge in [0.2, 0.25) is 0 Å². The highest BCUT2D eigenvalue weighted by Crippen LogP contribution is 2.32. The first-order valence-corrected chi connectivity index (χ1v) is 25.6. The van der Waals surface area contributed by atoms with Crippen LogP contribution in [-0.2, 0) is 24.7 Å². The Kier molecular flexibility index (Phi) is 7.20. The Bertz CT molecular complexity index is 446. The molecule has 0 saturated carbocycles. The standard InChI is InChI=1S/C13H38O6Si6/c1-13-25(12)18-23(8,9)16-21(4,5)14-20(2,3)15-22(6,7)17-24(10,11)19-25/h13H2,1-12H3. The smallest absolute Gasteiger partial charge is 0.317 e. The molecule has 0 radical (unpaired) electrons. The zero-order valence-electron chi connectivity index (χ0n) is 18.2. The summed E-state index contributed by atoms with van der Waals surface area (Å²) in [5, 5.41) is 0. The van der Waals surface area contributed by atoms with E-state index in [9.17, 15) is 0 Å². The normalized spacial score (nSPS) is 30.7. The fourth-order valence-electron chi connectivity index (χ4n) is 3.68. The van der Waals surface area contributed by atoms with Crippen molar-refractivity contribution in [2.75, 3.05) is 0 Å². The molecule has 1 fully saturated rings. The van der Waals surface area contributed by atoms with Crippen molar-refractivity contribution >= 4 is 51.4 Å². The second kappa shape index (κ2) is 7.47. The van der Waals surface area contributed by atoms with Gasteiger partial charge in [-0.05, 0) is 78.1 Å². The van der Waals surface area contributed by atoms with Crippen molar-refractivity contribution in [2.24, 2.45) is 0 Å². The van der Waals surface area contributed by atoms with Crippen LogP contribution in [0.2, 0.25) is 78.1 Å². The summed E-state index contributed by atoms with van der Waals surface area (Å²) in [4.78, 5) is 0. The fraction of sp³-hybridized carbons (Fsp3) is 1.00. The van der Waals surface area contributed by atoms with Gasteiger partial charge in [0.1, 0.15) is 0 Å². The van der Waals surface area contributed by atoms with Gasteiger partial charge in [-0.15, -0.1) is 0 Å². The van der Waals surface area contributed by atoms with Gasteiger partial charge < -0.3 is 24.7 Å². The van der Waals surface area contributed by atoms with Gasteiger partial charge in [0.15, 0.2) is 0 Å². The molecule has 12 heteroatoms. The Morgan fingerprint density at radius 3 is 0.800 bits per heavy atom. The minimum absolute atomic E-state index is 0.860. The van der Waals surface area contributed by atoms with E-state index in [1.54, 1.807) is 0 Å². The molecule has 1 rings (SSSR count). The van der Waals surface area contributed by atoms with Gasteiger partial charge in [-0.25, -0.2) is 0 Å². The maximum atomic E-state index is 6.59. The molecule has 1 saturated heterocycles. The highest BCUT2D eigenvalue weighted by atomic mass is 28.5. The Balaban J connectivity index is 3.30. The third-order valence-electron chi connectivity index (χ3n) is 3.53. The summed E-state index contributed by atoms with van der Waals surface area (Å²) in [7, 11) is -14.4. The van der Waals surface area contributed by atoms with Gasteiger partial charge in [-0.3, -0.25) is 0 Å². The summed E-state index contributed by atoms with van der Waals surface area (Å²) in [5.74, 6) is 0. The first kappa shape index (κ1) is 24.1. The van der Waals surface area contributed by atoms with E-state index in [0.29, 0.717) is 0 Å². The van der Waals surface area contributed by atoms with Crippen molar-refractivity contribution in [1.82, 2.24) is 0 Å². The second-order valence-electron chi connectivity index (χ2n) is 9.10. The Labute approximate surface area is 161 Å². The molecule has 0 spiro atoms. The van der Waals surface area contributed by atoms with E-state index in [2.05, 4.69) is 78.9 Å². The molecular formula is C13H38O6Si6. The van der Waals surface area contributed by atoms with Crippen molar-refractivity contribution < 1.29 is 24.7 Å². The monoisotopic (exact) mass is 458 g/mol. The second-order valence-corrected chi connectivity index (χ2v) is 31.0. The van der Waals surface area contributed by atoms with E-state index in [-0.39, 0.29) is 0 Å². The van der Waals surface area contributed by atoms with Gasteiger partial charge >= 0.3 is 51.4 Å². The molecule has 150 valence electrons. The topological polar surface area (TPSA) is 55.4 Å². The highest BCUT2D eigenvalue weighted by molar-refractivity contribution is 6.93. The van der Waals surface area contributed by atoms with Crippen molar-refractivity contribution in [3.05, 3.63) is 0 Å². The van der Waals surface area contributed by atoms with Crippen LogP contribution in [0, 0.1) is 0 Å². The quantitative estimate of drug-likeness (QED) is 0.531. The van der Waals surface area contributed by atoms with Crippen LogP contribution < -0.4 is 0 Å². The van der Waals surface area contributed by atoms with Crippen molar-refractivity contribution in [1.29, 1.82) is 0 Å². The summed E-state index contributed by atoms with van der Waals surface area (Å²) >= 11 is 0. The van der Waals surface area contributed by atoms with Crippen LogP contribution >= 0.6 is 0 Å². The molecule has 1 aliphatic heterocycles. The molecule has 0 N–H and O–H groups in total. The lowest BCUT2D eigenvalue weighted by molar-refractivity contribution is 0.237. The first-order chi connectivity index (χ1) is 10.8. The van der Waals surface area contributed by atoms with Crippen molar-refractivity contribution in [3.63, 3.8) is 0 Å². The SMILES string of the molecule is CC[Si]1(C)O[Si](C)(C)O[Si](C)(C)O[Si](C)(C)O[Si](C)(C)O[Si](C)(C)O1. The molecule has 0 unspecified atom stereocenters. The molecule has 0 amide bonds. The third kappa shape index (κ3) is 8.30. The molecule has 0 aromatic rings. The molecule has 6 nitrogen and oxygen atoms in total.